The highest BCUT2D eigenvalue weighted by atomic mass is 16.6. The molecular weight excluding hydrogens is 274 g/mol. The molecule has 1 heterocycles. The van der Waals surface area contributed by atoms with Gasteiger partial charge < -0.3 is 9.73 Å². The summed E-state index contributed by atoms with van der Waals surface area (Å²) in [5.41, 5.74) is 1.58. The summed E-state index contributed by atoms with van der Waals surface area (Å²) in [4.78, 5) is 26.5. The van der Waals surface area contributed by atoms with Gasteiger partial charge in [0.15, 0.2) is 0 Å². The van der Waals surface area contributed by atoms with Gasteiger partial charge in [-0.15, -0.1) is 0 Å². The summed E-state index contributed by atoms with van der Waals surface area (Å²) in [5.74, 6) is 0.705. The van der Waals surface area contributed by atoms with E-state index in [0.29, 0.717) is 17.2 Å². The van der Waals surface area contributed by atoms with Crippen molar-refractivity contribution in [2.75, 3.05) is 0 Å². The highest BCUT2D eigenvalue weighted by Gasteiger charge is 2.15. The molecule has 0 unspecified atom stereocenters. The largest absolute Gasteiger partial charge is 0.444 e. The molecule has 21 heavy (non-hydrogen) atoms. The number of nitrogens with zero attached hydrogens (tertiary/aromatic N) is 2. The predicted octanol–water partition coefficient (Wildman–Crippen LogP) is 2.44. The van der Waals surface area contributed by atoms with E-state index in [2.05, 4.69) is 10.3 Å². The van der Waals surface area contributed by atoms with E-state index in [-0.39, 0.29) is 17.8 Å². The molecule has 1 aromatic heterocycles. The number of aryl methyl sites for hydroxylation is 3. The van der Waals surface area contributed by atoms with Gasteiger partial charge in [-0.3, -0.25) is 14.9 Å². The number of benzene rings is 1. The fourth-order valence-corrected chi connectivity index (χ4v) is 1.83. The van der Waals surface area contributed by atoms with E-state index in [0.717, 1.165) is 5.69 Å². The molecule has 0 aliphatic carbocycles. The number of rotatable bonds is 4. The van der Waals surface area contributed by atoms with Crippen molar-refractivity contribution in [3.8, 4) is 0 Å². The second-order valence-corrected chi connectivity index (χ2v) is 4.69. The zero-order valence-electron chi connectivity index (χ0n) is 12.0. The van der Waals surface area contributed by atoms with Crippen LogP contribution in [0.3, 0.4) is 0 Å². The third-order valence-corrected chi connectivity index (χ3v) is 3.15. The number of non-ortho nitro benzene ring substituents is 1. The minimum absolute atomic E-state index is 0.117. The van der Waals surface area contributed by atoms with Gasteiger partial charge >= 0.3 is 0 Å². The molecule has 1 amide bonds. The van der Waals surface area contributed by atoms with E-state index < -0.39 is 10.8 Å². The lowest BCUT2D eigenvalue weighted by Crippen LogP contribution is -2.23. The maximum atomic E-state index is 12.1. The summed E-state index contributed by atoms with van der Waals surface area (Å²) in [6.07, 6.45) is 0. The van der Waals surface area contributed by atoms with Crippen LogP contribution in [0, 0.1) is 30.9 Å². The number of carbonyl (C=O) groups is 1. The van der Waals surface area contributed by atoms with Crippen molar-refractivity contribution >= 4 is 11.6 Å². The van der Waals surface area contributed by atoms with Gasteiger partial charge in [-0.1, -0.05) is 6.07 Å². The minimum atomic E-state index is -0.531. The molecule has 110 valence electrons. The Balaban J connectivity index is 2.13. The highest BCUT2D eigenvalue weighted by molar-refractivity contribution is 5.96. The maximum Gasteiger partial charge on any atom is 0.270 e. The van der Waals surface area contributed by atoms with Gasteiger partial charge in [0.1, 0.15) is 5.76 Å². The average Bonchev–Trinajstić information content (AvgIpc) is 2.75. The molecule has 0 aliphatic heterocycles. The van der Waals surface area contributed by atoms with Crippen LogP contribution in [0.1, 0.15) is 33.3 Å². The van der Waals surface area contributed by atoms with Crippen molar-refractivity contribution in [1.82, 2.24) is 10.3 Å². The van der Waals surface area contributed by atoms with Crippen LogP contribution in [-0.4, -0.2) is 15.8 Å². The Hall–Kier alpha value is -2.70. The van der Waals surface area contributed by atoms with Crippen molar-refractivity contribution in [2.24, 2.45) is 0 Å². The standard InChI is InChI=1S/C14H15N3O4/c1-8-4-5-11(17(19)20)6-12(8)14(18)15-7-13-16-9(2)10(3)21-13/h4-6H,7H2,1-3H3,(H,15,18). The molecule has 0 bridgehead atoms. The fraction of sp³-hybridized carbons (Fsp3) is 0.286. The molecule has 0 atom stereocenters. The first-order valence-electron chi connectivity index (χ1n) is 6.34. The first-order chi connectivity index (χ1) is 9.88. The Bertz CT molecular complexity index is 687. The Labute approximate surface area is 121 Å². The molecule has 2 rings (SSSR count). The summed E-state index contributed by atoms with van der Waals surface area (Å²) >= 11 is 0. The summed E-state index contributed by atoms with van der Waals surface area (Å²) < 4.78 is 5.36. The molecular formula is C14H15N3O4. The number of nitro groups is 1. The lowest BCUT2D eigenvalue weighted by atomic mass is 10.1. The number of carbonyl (C=O) groups excluding carboxylic acids is 1. The van der Waals surface area contributed by atoms with Crippen LogP contribution in [0.5, 0.6) is 0 Å². The number of oxazole rings is 1. The molecule has 1 N–H and O–H groups in total. The van der Waals surface area contributed by atoms with Crippen LogP contribution in [-0.2, 0) is 6.54 Å². The quantitative estimate of drug-likeness (QED) is 0.688. The van der Waals surface area contributed by atoms with Crippen LogP contribution in [0.4, 0.5) is 5.69 Å². The van der Waals surface area contributed by atoms with Crippen molar-refractivity contribution in [2.45, 2.75) is 27.3 Å². The van der Waals surface area contributed by atoms with Gasteiger partial charge in [0.05, 0.1) is 17.2 Å². The Kier molecular flexibility index (Phi) is 4.02. The zero-order valence-corrected chi connectivity index (χ0v) is 12.0. The lowest BCUT2D eigenvalue weighted by Gasteiger charge is -2.06. The molecule has 0 fully saturated rings. The van der Waals surface area contributed by atoms with E-state index in [4.69, 9.17) is 4.42 Å². The van der Waals surface area contributed by atoms with Crippen LogP contribution in [0.25, 0.3) is 0 Å². The molecule has 0 radical (unpaired) electrons. The number of amides is 1. The third-order valence-electron chi connectivity index (χ3n) is 3.15. The lowest BCUT2D eigenvalue weighted by molar-refractivity contribution is -0.384. The third kappa shape index (κ3) is 3.25. The molecule has 1 aromatic carbocycles. The van der Waals surface area contributed by atoms with Crippen molar-refractivity contribution in [3.63, 3.8) is 0 Å². The zero-order chi connectivity index (χ0) is 15.6. The molecule has 0 saturated heterocycles. The second-order valence-electron chi connectivity index (χ2n) is 4.69. The summed E-state index contributed by atoms with van der Waals surface area (Å²) in [6.45, 7) is 5.46. The molecule has 0 aliphatic rings. The average molecular weight is 289 g/mol. The Morgan fingerprint density at radius 2 is 2.10 bits per heavy atom. The van der Waals surface area contributed by atoms with E-state index in [9.17, 15) is 14.9 Å². The summed E-state index contributed by atoms with van der Waals surface area (Å²) in [7, 11) is 0. The first-order valence-corrected chi connectivity index (χ1v) is 6.34. The van der Waals surface area contributed by atoms with Crippen LogP contribution < -0.4 is 5.32 Å². The smallest absolute Gasteiger partial charge is 0.270 e. The number of aromatic nitrogens is 1. The van der Waals surface area contributed by atoms with Crippen molar-refractivity contribution in [3.05, 3.63) is 56.8 Å². The van der Waals surface area contributed by atoms with Gasteiger partial charge in [0.2, 0.25) is 5.89 Å². The van der Waals surface area contributed by atoms with E-state index >= 15 is 0 Å². The number of nitrogens with one attached hydrogen (secondary N) is 1. The topological polar surface area (TPSA) is 98.3 Å². The molecule has 7 heteroatoms. The van der Waals surface area contributed by atoms with Crippen LogP contribution in [0.15, 0.2) is 22.6 Å². The Morgan fingerprint density at radius 3 is 2.67 bits per heavy atom. The van der Waals surface area contributed by atoms with Gasteiger partial charge in [-0.05, 0) is 26.3 Å². The molecule has 0 saturated carbocycles. The summed E-state index contributed by atoms with van der Waals surface area (Å²) in [6, 6.07) is 4.18. The normalized spacial score (nSPS) is 10.4. The number of nitro benzene ring substituents is 1. The number of hydrogen-bond acceptors (Lipinski definition) is 5. The fourth-order valence-electron chi connectivity index (χ4n) is 1.83. The van der Waals surface area contributed by atoms with Gasteiger partial charge in [-0.2, -0.15) is 0 Å². The minimum Gasteiger partial charge on any atom is -0.444 e. The van der Waals surface area contributed by atoms with Crippen LogP contribution in [0.2, 0.25) is 0 Å². The van der Waals surface area contributed by atoms with E-state index in [1.165, 1.54) is 12.1 Å². The molecule has 2 aromatic rings. The highest BCUT2D eigenvalue weighted by Crippen LogP contribution is 2.17. The van der Waals surface area contributed by atoms with Gasteiger partial charge in [-0.25, -0.2) is 4.98 Å². The van der Waals surface area contributed by atoms with Gasteiger partial charge in [0, 0.05) is 17.7 Å². The molecule has 7 nitrogen and oxygen atoms in total. The number of hydrogen-bond donors (Lipinski definition) is 1. The summed E-state index contributed by atoms with van der Waals surface area (Å²) in [5, 5.41) is 13.4. The van der Waals surface area contributed by atoms with Crippen LogP contribution >= 0.6 is 0 Å². The second kappa shape index (κ2) is 5.74. The predicted molar refractivity (Wildman–Crippen MR) is 75.0 cm³/mol. The Morgan fingerprint density at radius 1 is 1.38 bits per heavy atom. The first kappa shape index (κ1) is 14.7. The van der Waals surface area contributed by atoms with Crippen molar-refractivity contribution < 1.29 is 14.1 Å². The monoisotopic (exact) mass is 289 g/mol. The molecule has 0 spiro atoms. The van der Waals surface area contributed by atoms with Crippen molar-refractivity contribution in [1.29, 1.82) is 0 Å². The van der Waals surface area contributed by atoms with E-state index in [1.807, 2.05) is 6.92 Å². The SMILES string of the molecule is Cc1ccc([N+](=O)[O-])cc1C(=O)NCc1nc(C)c(C)o1. The van der Waals surface area contributed by atoms with E-state index in [1.54, 1.807) is 19.9 Å². The maximum absolute atomic E-state index is 12.1. The van der Waals surface area contributed by atoms with Gasteiger partial charge in [0.25, 0.3) is 11.6 Å².